The van der Waals surface area contributed by atoms with Crippen LogP contribution in [0, 0.1) is 5.92 Å². The molecule has 0 unspecified atom stereocenters. The summed E-state index contributed by atoms with van der Waals surface area (Å²) < 4.78 is 1.71. The number of imidazole rings is 1. The van der Waals surface area contributed by atoms with Gasteiger partial charge >= 0.3 is 0 Å². The zero-order chi connectivity index (χ0) is 15.9. The number of nitrogens with one attached hydrogen (secondary N) is 1. The molecule has 0 saturated carbocycles. The molecule has 6 nitrogen and oxygen atoms in total. The van der Waals surface area contributed by atoms with Crippen molar-refractivity contribution in [1.29, 1.82) is 0 Å². The third-order valence-corrected chi connectivity index (χ3v) is 4.37. The predicted molar refractivity (Wildman–Crippen MR) is 84.8 cm³/mol. The number of aromatic nitrogens is 4. The first-order valence-electron chi connectivity index (χ1n) is 7.79. The normalized spacial score (nSPS) is 17.6. The second-order valence-electron chi connectivity index (χ2n) is 6.41. The highest BCUT2D eigenvalue weighted by Gasteiger charge is 2.30. The Morgan fingerprint density at radius 1 is 1.50 bits per heavy atom. The molecule has 2 heterocycles. The van der Waals surface area contributed by atoms with E-state index in [0.29, 0.717) is 5.92 Å². The molecule has 0 spiro atoms. The number of carbonyl (C=O) groups excluding carboxylic acids is 1. The molecule has 1 N–H and O–H groups in total. The number of aromatic amines is 1. The van der Waals surface area contributed by atoms with Gasteiger partial charge in [-0.2, -0.15) is 5.10 Å². The van der Waals surface area contributed by atoms with Crippen molar-refractivity contribution in [3.05, 3.63) is 29.6 Å². The van der Waals surface area contributed by atoms with Crippen LogP contribution in [0.1, 0.15) is 43.4 Å². The van der Waals surface area contributed by atoms with E-state index in [1.54, 1.807) is 15.8 Å². The molecule has 1 amide bonds. The summed E-state index contributed by atoms with van der Waals surface area (Å²) in [6, 6.07) is 0. The number of hydrogen-bond donors (Lipinski definition) is 1. The van der Waals surface area contributed by atoms with Gasteiger partial charge < -0.3 is 9.88 Å². The number of amides is 1. The monoisotopic (exact) mass is 301 g/mol. The fraction of sp³-hybridized carbons (Fsp3) is 0.562. The van der Waals surface area contributed by atoms with E-state index in [9.17, 15) is 4.79 Å². The molecule has 1 atom stereocenters. The van der Waals surface area contributed by atoms with Gasteiger partial charge in [0.1, 0.15) is 5.82 Å². The Bertz CT molecular complexity index is 685. The van der Waals surface area contributed by atoms with Gasteiger partial charge in [0.15, 0.2) is 0 Å². The molecule has 3 rings (SSSR count). The van der Waals surface area contributed by atoms with Gasteiger partial charge in [0.2, 0.25) is 5.91 Å². The molecule has 0 radical (unpaired) electrons. The van der Waals surface area contributed by atoms with E-state index < -0.39 is 0 Å². The Morgan fingerprint density at radius 2 is 2.27 bits per heavy atom. The van der Waals surface area contributed by atoms with E-state index in [2.05, 4.69) is 28.9 Å². The number of aryl methyl sites for hydroxylation is 2. The first kappa shape index (κ1) is 14.8. The standard InChI is InChI=1S/C16H23N5O/c1-10(2)15-18-13-6-5-11(7-14(13)19-15)16(22)21(4)12-8-17-20(3)9-12/h8-11H,5-7H2,1-4H3,(H,18,19)/t11-/m1/s1. The molecule has 0 bridgehead atoms. The molecule has 1 aliphatic rings. The molecular formula is C16H23N5O. The third-order valence-electron chi connectivity index (χ3n) is 4.37. The second-order valence-corrected chi connectivity index (χ2v) is 6.41. The number of hydrogen-bond acceptors (Lipinski definition) is 3. The maximum absolute atomic E-state index is 12.7. The number of nitrogens with zero attached hydrogens (tertiary/aromatic N) is 4. The van der Waals surface area contributed by atoms with Gasteiger partial charge in [-0.05, 0) is 12.8 Å². The minimum absolute atomic E-state index is 0.0122. The van der Waals surface area contributed by atoms with Crippen LogP contribution in [0.15, 0.2) is 12.4 Å². The van der Waals surface area contributed by atoms with Crippen LogP contribution in [0.3, 0.4) is 0 Å². The smallest absolute Gasteiger partial charge is 0.230 e. The van der Waals surface area contributed by atoms with Crippen molar-refractivity contribution >= 4 is 11.6 Å². The summed E-state index contributed by atoms with van der Waals surface area (Å²) in [5, 5.41) is 4.13. The van der Waals surface area contributed by atoms with E-state index in [0.717, 1.165) is 42.2 Å². The van der Waals surface area contributed by atoms with Crippen molar-refractivity contribution in [3.8, 4) is 0 Å². The quantitative estimate of drug-likeness (QED) is 0.943. The van der Waals surface area contributed by atoms with Crippen molar-refractivity contribution in [3.63, 3.8) is 0 Å². The Labute approximate surface area is 130 Å². The average molecular weight is 301 g/mol. The van der Waals surface area contributed by atoms with E-state index in [1.807, 2.05) is 20.3 Å². The highest BCUT2D eigenvalue weighted by atomic mass is 16.2. The zero-order valence-corrected chi connectivity index (χ0v) is 13.6. The van der Waals surface area contributed by atoms with Gasteiger partial charge in [-0.3, -0.25) is 9.48 Å². The first-order valence-corrected chi connectivity index (χ1v) is 7.79. The van der Waals surface area contributed by atoms with E-state index in [1.165, 1.54) is 0 Å². The van der Waals surface area contributed by atoms with Crippen LogP contribution >= 0.6 is 0 Å². The van der Waals surface area contributed by atoms with Crippen LogP contribution in [-0.2, 0) is 24.7 Å². The summed E-state index contributed by atoms with van der Waals surface area (Å²) in [5.74, 6) is 1.58. The minimum atomic E-state index is 0.0122. The van der Waals surface area contributed by atoms with Crippen LogP contribution in [0.5, 0.6) is 0 Å². The minimum Gasteiger partial charge on any atom is -0.345 e. The number of anilines is 1. The molecule has 0 aromatic carbocycles. The highest BCUT2D eigenvalue weighted by molar-refractivity contribution is 5.94. The summed E-state index contributed by atoms with van der Waals surface area (Å²) in [4.78, 5) is 22.5. The maximum Gasteiger partial charge on any atom is 0.230 e. The number of rotatable bonds is 3. The van der Waals surface area contributed by atoms with E-state index in [4.69, 9.17) is 0 Å². The summed E-state index contributed by atoms with van der Waals surface area (Å²) in [6.45, 7) is 4.26. The van der Waals surface area contributed by atoms with Crippen molar-refractivity contribution in [1.82, 2.24) is 19.7 Å². The molecule has 118 valence electrons. The van der Waals surface area contributed by atoms with Gasteiger partial charge in [-0.1, -0.05) is 13.8 Å². The summed E-state index contributed by atoms with van der Waals surface area (Å²) in [7, 11) is 3.67. The molecule has 1 aliphatic carbocycles. The summed E-state index contributed by atoms with van der Waals surface area (Å²) >= 11 is 0. The van der Waals surface area contributed by atoms with Crippen molar-refractivity contribution < 1.29 is 4.79 Å². The summed E-state index contributed by atoms with van der Waals surface area (Å²) in [5.41, 5.74) is 3.11. The first-order chi connectivity index (χ1) is 10.5. The van der Waals surface area contributed by atoms with Crippen LogP contribution in [0.2, 0.25) is 0 Å². The van der Waals surface area contributed by atoms with Crippen molar-refractivity contribution in [2.24, 2.45) is 13.0 Å². The number of H-pyrrole nitrogens is 1. The van der Waals surface area contributed by atoms with Crippen LogP contribution in [0.25, 0.3) is 0 Å². The SMILES string of the molecule is CC(C)c1nc2c([nH]1)C[C@H](C(=O)N(C)c1cnn(C)c1)CC2. The highest BCUT2D eigenvalue weighted by Crippen LogP contribution is 2.28. The van der Waals surface area contributed by atoms with Crippen LogP contribution in [-0.4, -0.2) is 32.7 Å². The maximum atomic E-state index is 12.7. The van der Waals surface area contributed by atoms with Crippen LogP contribution < -0.4 is 4.90 Å². The average Bonchev–Trinajstić information content (AvgIpc) is 3.10. The van der Waals surface area contributed by atoms with Crippen molar-refractivity contribution in [2.45, 2.75) is 39.0 Å². The van der Waals surface area contributed by atoms with E-state index >= 15 is 0 Å². The molecule has 0 saturated heterocycles. The Kier molecular flexibility index (Phi) is 3.76. The number of fused-ring (bicyclic) bond motifs is 1. The van der Waals surface area contributed by atoms with Gasteiger partial charge in [0.05, 0.1) is 17.6 Å². The molecule has 2 aromatic heterocycles. The van der Waals surface area contributed by atoms with Crippen LogP contribution in [0.4, 0.5) is 5.69 Å². The molecule has 6 heteroatoms. The molecular weight excluding hydrogens is 278 g/mol. The van der Waals surface area contributed by atoms with E-state index in [-0.39, 0.29) is 11.8 Å². The largest absolute Gasteiger partial charge is 0.345 e. The molecule has 22 heavy (non-hydrogen) atoms. The fourth-order valence-electron chi connectivity index (χ4n) is 2.97. The molecule has 0 fully saturated rings. The zero-order valence-electron chi connectivity index (χ0n) is 13.6. The van der Waals surface area contributed by atoms with Gasteiger partial charge in [-0.25, -0.2) is 4.98 Å². The molecule has 0 aliphatic heterocycles. The Hall–Kier alpha value is -2.11. The molecule has 2 aromatic rings. The lowest BCUT2D eigenvalue weighted by Gasteiger charge is -2.25. The topological polar surface area (TPSA) is 66.8 Å². The fourth-order valence-corrected chi connectivity index (χ4v) is 2.97. The van der Waals surface area contributed by atoms with Gasteiger partial charge in [-0.15, -0.1) is 0 Å². The third kappa shape index (κ3) is 2.65. The lowest BCUT2D eigenvalue weighted by Crippen LogP contribution is -2.35. The van der Waals surface area contributed by atoms with Gasteiger partial charge in [0, 0.05) is 44.2 Å². The lowest BCUT2D eigenvalue weighted by atomic mass is 9.89. The van der Waals surface area contributed by atoms with Gasteiger partial charge in [0.25, 0.3) is 0 Å². The Balaban J connectivity index is 1.74. The summed E-state index contributed by atoms with van der Waals surface area (Å²) in [6.07, 6.45) is 6.06. The second kappa shape index (κ2) is 5.59. The number of carbonyl (C=O) groups is 1. The predicted octanol–water partition coefficient (Wildman–Crippen LogP) is 2.03. The Morgan fingerprint density at radius 3 is 2.91 bits per heavy atom. The van der Waals surface area contributed by atoms with Crippen molar-refractivity contribution in [2.75, 3.05) is 11.9 Å². The lowest BCUT2D eigenvalue weighted by molar-refractivity contribution is -0.122.